The van der Waals surface area contributed by atoms with Crippen LogP contribution in [0, 0.1) is 11.3 Å². The average Bonchev–Trinajstić information content (AvgIpc) is 2.84. The summed E-state index contributed by atoms with van der Waals surface area (Å²) in [6.07, 6.45) is 5.21. The van der Waals surface area contributed by atoms with Crippen molar-refractivity contribution in [2.24, 2.45) is 7.05 Å². The van der Waals surface area contributed by atoms with Gasteiger partial charge in [-0.25, -0.2) is 0 Å². The Kier molecular flexibility index (Phi) is 3.37. The number of anilines is 1. The van der Waals surface area contributed by atoms with Gasteiger partial charge in [0.25, 0.3) is 0 Å². The maximum Gasteiger partial charge on any atom is 0.0992 e. The number of benzene rings is 1. The first kappa shape index (κ1) is 13.0. The monoisotopic (exact) mass is 286 g/mol. The van der Waals surface area contributed by atoms with Gasteiger partial charge in [0, 0.05) is 18.3 Å². The lowest BCUT2D eigenvalue weighted by atomic mass is 9.93. The fraction of sp³-hybridized carbons (Fsp3) is 0.333. The van der Waals surface area contributed by atoms with Crippen LogP contribution < -0.4 is 5.32 Å². The van der Waals surface area contributed by atoms with Crippen LogP contribution in [0.2, 0.25) is 5.02 Å². The standard InChI is InChI=1S/C15H15ClN4/c1-20-15-4-2-3-13(11(15)9-18-20)19-14-6-5-10(8-17)7-12(14)16/h5-7,9,13,19H,2-4H2,1H3. The molecule has 102 valence electrons. The van der Waals surface area contributed by atoms with E-state index in [-0.39, 0.29) is 6.04 Å². The molecule has 1 heterocycles. The van der Waals surface area contributed by atoms with Gasteiger partial charge >= 0.3 is 0 Å². The van der Waals surface area contributed by atoms with Crippen LogP contribution in [0.3, 0.4) is 0 Å². The van der Waals surface area contributed by atoms with Crippen molar-refractivity contribution >= 4 is 17.3 Å². The van der Waals surface area contributed by atoms with E-state index in [4.69, 9.17) is 16.9 Å². The van der Waals surface area contributed by atoms with Crippen molar-refractivity contribution in [2.45, 2.75) is 25.3 Å². The topological polar surface area (TPSA) is 53.6 Å². The number of nitrogens with zero attached hydrogens (tertiary/aromatic N) is 3. The molecular weight excluding hydrogens is 272 g/mol. The number of fused-ring (bicyclic) bond motifs is 1. The smallest absolute Gasteiger partial charge is 0.0992 e. The normalized spacial score (nSPS) is 17.4. The Balaban J connectivity index is 1.88. The molecule has 0 radical (unpaired) electrons. The summed E-state index contributed by atoms with van der Waals surface area (Å²) in [5, 5.41) is 17.3. The van der Waals surface area contributed by atoms with E-state index >= 15 is 0 Å². The van der Waals surface area contributed by atoms with Crippen molar-refractivity contribution in [3.8, 4) is 6.07 Å². The molecule has 0 saturated carbocycles. The minimum absolute atomic E-state index is 0.234. The first-order valence-electron chi connectivity index (χ1n) is 6.66. The Hall–Kier alpha value is -1.99. The maximum atomic E-state index is 8.87. The number of rotatable bonds is 2. The highest BCUT2D eigenvalue weighted by atomic mass is 35.5. The summed E-state index contributed by atoms with van der Waals surface area (Å²) >= 11 is 6.23. The van der Waals surface area contributed by atoms with Gasteiger partial charge in [-0.2, -0.15) is 10.4 Å². The molecule has 0 spiro atoms. The fourth-order valence-electron chi connectivity index (χ4n) is 2.75. The van der Waals surface area contributed by atoms with Crippen molar-refractivity contribution in [1.82, 2.24) is 9.78 Å². The molecule has 0 amide bonds. The molecule has 0 fully saturated rings. The second-order valence-corrected chi connectivity index (χ2v) is 5.47. The molecule has 1 unspecified atom stereocenters. The summed E-state index contributed by atoms with van der Waals surface area (Å²) in [7, 11) is 1.98. The third kappa shape index (κ3) is 2.25. The van der Waals surface area contributed by atoms with Crippen LogP contribution in [-0.4, -0.2) is 9.78 Å². The number of nitriles is 1. The Bertz CT molecular complexity index is 684. The predicted molar refractivity (Wildman–Crippen MR) is 78.7 cm³/mol. The summed E-state index contributed by atoms with van der Waals surface area (Å²) in [6, 6.07) is 7.66. The van der Waals surface area contributed by atoms with Gasteiger partial charge in [0.1, 0.15) is 0 Å². The Morgan fingerprint density at radius 3 is 3.10 bits per heavy atom. The number of nitrogens with one attached hydrogen (secondary N) is 1. The summed E-state index contributed by atoms with van der Waals surface area (Å²) in [5.74, 6) is 0. The fourth-order valence-corrected chi connectivity index (χ4v) is 2.98. The molecule has 1 aromatic heterocycles. The van der Waals surface area contributed by atoms with Gasteiger partial charge in [-0.3, -0.25) is 4.68 Å². The van der Waals surface area contributed by atoms with Crippen LogP contribution in [0.5, 0.6) is 0 Å². The lowest BCUT2D eigenvalue weighted by Crippen LogP contribution is -2.18. The Morgan fingerprint density at radius 2 is 2.35 bits per heavy atom. The van der Waals surface area contributed by atoms with Crippen LogP contribution in [0.1, 0.15) is 35.7 Å². The second-order valence-electron chi connectivity index (χ2n) is 5.07. The van der Waals surface area contributed by atoms with Crippen molar-refractivity contribution in [1.29, 1.82) is 5.26 Å². The predicted octanol–water partition coefficient (Wildman–Crippen LogP) is 3.43. The minimum Gasteiger partial charge on any atom is -0.377 e. The molecule has 1 atom stereocenters. The summed E-state index contributed by atoms with van der Waals surface area (Å²) < 4.78 is 1.95. The summed E-state index contributed by atoms with van der Waals surface area (Å²) in [5.41, 5.74) is 3.98. The van der Waals surface area contributed by atoms with Crippen LogP contribution in [0.25, 0.3) is 0 Å². The van der Waals surface area contributed by atoms with E-state index in [0.717, 1.165) is 24.9 Å². The van der Waals surface area contributed by atoms with E-state index in [1.165, 1.54) is 11.3 Å². The minimum atomic E-state index is 0.234. The highest BCUT2D eigenvalue weighted by molar-refractivity contribution is 6.33. The highest BCUT2D eigenvalue weighted by Gasteiger charge is 2.23. The van der Waals surface area contributed by atoms with E-state index in [0.29, 0.717) is 10.6 Å². The SMILES string of the molecule is Cn1ncc2c1CCCC2Nc1ccc(C#N)cc1Cl. The van der Waals surface area contributed by atoms with Crippen molar-refractivity contribution in [2.75, 3.05) is 5.32 Å². The zero-order chi connectivity index (χ0) is 14.1. The lowest BCUT2D eigenvalue weighted by molar-refractivity contribution is 0.571. The molecule has 0 bridgehead atoms. The number of aryl methyl sites for hydroxylation is 1. The van der Waals surface area contributed by atoms with Crippen molar-refractivity contribution in [3.63, 3.8) is 0 Å². The summed E-state index contributed by atoms with van der Waals surface area (Å²) in [6.45, 7) is 0. The molecule has 3 rings (SSSR count). The quantitative estimate of drug-likeness (QED) is 0.920. The molecule has 1 N–H and O–H groups in total. The number of hydrogen-bond donors (Lipinski definition) is 1. The molecule has 0 saturated heterocycles. The third-order valence-electron chi connectivity index (χ3n) is 3.80. The highest BCUT2D eigenvalue weighted by Crippen LogP contribution is 2.34. The van der Waals surface area contributed by atoms with Gasteiger partial charge in [-0.15, -0.1) is 0 Å². The third-order valence-corrected chi connectivity index (χ3v) is 4.12. The first-order chi connectivity index (χ1) is 9.69. The number of aromatic nitrogens is 2. The zero-order valence-corrected chi connectivity index (χ0v) is 12.0. The van der Waals surface area contributed by atoms with Crippen molar-refractivity contribution < 1.29 is 0 Å². The van der Waals surface area contributed by atoms with Crippen LogP contribution in [0.15, 0.2) is 24.4 Å². The molecule has 1 aromatic carbocycles. The molecule has 20 heavy (non-hydrogen) atoms. The van der Waals surface area contributed by atoms with E-state index in [2.05, 4.69) is 16.5 Å². The number of hydrogen-bond acceptors (Lipinski definition) is 3. The van der Waals surface area contributed by atoms with Gasteiger partial charge in [0.2, 0.25) is 0 Å². The van der Waals surface area contributed by atoms with Gasteiger partial charge in [-0.1, -0.05) is 11.6 Å². The van der Waals surface area contributed by atoms with Gasteiger partial charge in [0.15, 0.2) is 0 Å². The van der Waals surface area contributed by atoms with E-state index in [1.54, 1.807) is 12.1 Å². The molecule has 1 aliphatic rings. The van der Waals surface area contributed by atoms with Crippen LogP contribution >= 0.6 is 11.6 Å². The van der Waals surface area contributed by atoms with Gasteiger partial charge < -0.3 is 5.32 Å². The van der Waals surface area contributed by atoms with E-state index < -0.39 is 0 Å². The average molecular weight is 287 g/mol. The first-order valence-corrected chi connectivity index (χ1v) is 7.04. The maximum absolute atomic E-state index is 8.87. The van der Waals surface area contributed by atoms with Gasteiger partial charge in [0.05, 0.1) is 34.6 Å². The second kappa shape index (κ2) is 5.18. The van der Waals surface area contributed by atoms with Crippen molar-refractivity contribution in [3.05, 3.63) is 46.2 Å². The number of halogens is 1. The van der Waals surface area contributed by atoms with Crippen LogP contribution in [-0.2, 0) is 13.5 Å². The molecule has 5 heteroatoms. The molecular formula is C15H15ClN4. The molecule has 2 aromatic rings. The summed E-state index contributed by atoms with van der Waals surface area (Å²) in [4.78, 5) is 0. The molecule has 4 nitrogen and oxygen atoms in total. The largest absolute Gasteiger partial charge is 0.377 e. The van der Waals surface area contributed by atoms with Gasteiger partial charge in [-0.05, 0) is 37.5 Å². The van der Waals surface area contributed by atoms with E-state index in [9.17, 15) is 0 Å². The Morgan fingerprint density at radius 1 is 1.50 bits per heavy atom. The lowest BCUT2D eigenvalue weighted by Gasteiger charge is -2.25. The van der Waals surface area contributed by atoms with E-state index in [1.807, 2.05) is 24.0 Å². The molecule has 0 aliphatic heterocycles. The Labute approximate surface area is 123 Å². The zero-order valence-electron chi connectivity index (χ0n) is 11.2. The molecule has 1 aliphatic carbocycles. The van der Waals surface area contributed by atoms with Crippen LogP contribution in [0.4, 0.5) is 5.69 Å².